The third-order valence-electron chi connectivity index (χ3n) is 4.76. The Bertz CT molecular complexity index is 702. The number of nitrogens with one attached hydrogen (secondary N) is 1. The van der Waals surface area contributed by atoms with E-state index in [0.717, 1.165) is 31.6 Å². The van der Waals surface area contributed by atoms with Crippen LogP contribution in [0.25, 0.3) is 0 Å². The molecule has 2 fully saturated rings. The van der Waals surface area contributed by atoms with E-state index in [1.165, 1.54) is 0 Å². The molecule has 2 aliphatic heterocycles. The van der Waals surface area contributed by atoms with Crippen molar-refractivity contribution in [1.82, 2.24) is 15.2 Å². The normalized spacial score (nSPS) is 23.7. The van der Waals surface area contributed by atoms with Crippen LogP contribution in [0.4, 0.5) is 13.2 Å². The molecular weight excluding hydrogens is 395 g/mol. The maximum Gasteiger partial charge on any atom is 0.490 e. The molecule has 3 heterocycles. The quantitative estimate of drug-likeness (QED) is 0.745. The molecule has 1 amide bonds. The minimum Gasteiger partial charge on any atom is -0.481 e. The van der Waals surface area contributed by atoms with Crippen LogP contribution in [0.5, 0.6) is 5.88 Å². The number of rotatable bonds is 5. The Balaban J connectivity index is 0.000000370. The Morgan fingerprint density at radius 3 is 2.66 bits per heavy atom. The molecule has 8 nitrogen and oxygen atoms in total. The molecule has 0 aliphatic carbocycles. The lowest BCUT2D eigenvalue weighted by atomic mass is 10.0. The maximum atomic E-state index is 11.4. The molecule has 0 spiro atoms. The zero-order valence-corrected chi connectivity index (χ0v) is 16.1. The minimum absolute atomic E-state index is 0.0573. The van der Waals surface area contributed by atoms with E-state index in [2.05, 4.69) is 21.3 Å². The number of alkyl halides is 3. The second kappa shape index (κ2) is 9.88. The summed E-state index contributed by atoms with van der Waals surface area (Å²) in [7, 11) is 3.32. The van der Waals surface area contributed by atoms with E-state index >= 15 is 0 Å². The van der Waals surface area contributed by atoms with Crippen molar-refractivity contribution in [3.05, 3.63) is 23.9 Å². The van der Waals surface area contributed by atoms with Gasteiger partial charge >= 0.3 is 12.1 Å². The number of aromatic nitrogens is 1. The predicted octanol–water partition coefficient (Wildman–Crippen LogP) is 1.45. The molecule has 2 saturated heterocycles. The van der Waals surface area contributed by atoms with E-state index in [0.29, 0.717) is 18.2 Å². The number of likely N-dealkylation sites (tertiary alicyclic amines) is 1. The minimum atomic E-state index is -5.08. The van der Waals surface area contributed by atoms with Crippen molar-refractivity contribution in [2.24, 2.45) is 5.92 Å². The summed E-state index contributed by atoms with van der Waals surface area (Å²) in [5, 5.41) is 9.79. The summed E-state index contributed by atoms with van der Waals surface area (Å²) in [4.78, 5) is 27.0. The van der Waals surface area contributed by atoms with Crippen LogP contribution in [0.15, 0.2) is 18.3 Å². The van der Waals surface area contributed by atoms with Crippen LogP contribution in [0.1, 0.15) is 18.4 Å². The van der Waals surface area contributed by atoms with Crippen LogP contribution in [-0.4, -0.2) is 72.5 Å². The summed E-state index contributed by atoms with van der Waals surface area (Å²) in [6.45, 7) is 2.74. The van der Waals surface area contributed by atoms with Gasteiger partial charge in [0.1, 0.15) is 0 Å². The van der Waals surface area contributed by atoms with Crippen LogP contribution in [0.3, 0.4) is 0 Å². The number of carboxylic acids is 1. The van der Waals surface area contributed by atoms with Gasteiger partial charge in [-0.2, -0.15) is 13.2 Å². The number of carbonyl (C=O) groups is 2. The Hall–Kier alpha value is -2.40. The lowest BCUT2D eigenvalue weighted by molar-refractivity contribution is -0.192. The Morgan fingerprint density at radius 1 is 1.41 bits per heavy atom. The summed E-state index contributed by atoms with van der Waals surface area (Å²) >= 11 is 0. The van der Waals surface area contributed by atoms with Gasteiger partial charge in [-0.05, 0) is 12.5 Å². The van der Waals surface area contributed by atoms with Crippen molar-refractivity contribution in [1.29, 1.82) is 0 Å². The summed E-state index contributed by atoms with van der Waals surface area (Å²) in [6, 6.07) is 3.99. The summed E-state index contributed by atoms with van der Waals surface area (Å²) < 4.78 is 43.1. The zero-order chi connectivity index (χ0) is 21.6. The number of nitrogens with zero attached hydrogens (tertiary/aromatic N) is 2. The largest absolute Gasteiger partial charge is 0.490 e. The highest BCUT2D eigenvalue weighted by molar-refractivity contribution is 5.76. The fraction of sp³-hybridized carbons (Fsp3) is 0.611. The van der Waals surface area contributed by atoms with Gasteiger partial charge < -0.3 is 19.9 Å². The first-order chi connectivity index (χ1) is 13.6. The predicted molar refractivity (Wildman–Crippen MR) is 95.2 cm³/mol. The molecule has 0 radical (unpaired) electrons. The lowest BCUT2D eigenvalue weighted by Crippen LogP contribution is -2.28. The lowest BCUT2D eigenvalue weighted by Gasteiger charge is -2.19. The van der Waals surface area contributed by atoms with E-state index in [4.69, 9.17) is 19.4 Å². The van der Waals surface area contributed by atoms with E-state index in [9.17, 15) is 18.0 Å². The molecule has 3 rings (SSSR count). The Kier molecular flexibility index (Phi) is 7.80. The van der Waals surface area contributed by atoms with E-state index in [1.54, 1.807) is 20.4 Å². The Morgan fingerprint density at radius 2 is 2.10 bits per heavy atom. The number of amides is 1. The van der Waals surface area contributed by atoms with Crippen molar-refractivity contribution in [3.63, 3.8) is 0 Å². The van der Waals surface area contributed by atoms with Gasteiger partial charge in [0, 0.05) is 44.4 Å². The van der Waals surface area contributed by atoms with Gasteiger partial charge in [0.05, 0.1) is 25.7 Å². The molecule has 11 heteroatoms. The molecule has 1 aromatic heterocycles. The number of pyridine rings is 1. The van der Waals surface area contributed by atoms with Gasteiger partial charge in [-0.3, -0.25) is 9.69 Å². The molecule has 3 atom stereocenters. The molecule has 2 N–H and O–H groups in total. The average molecular weight is 419 g/mol. The van der Waals surface area contributed by atoms with Crippen molar-refractivity contribution in [2.75, 3.05) is 27.2 Å². The van der Waals surface area contributed by atoms with E-state index in [-0.39, 0.29) is 18.1 Å². The van der Waals surface area contributed by atoms with Crippen LogP contribution >= 0.6 is 0 Å². The SMILES string of the molecule is CNC(=O)C[C@@H]1C[C@H]2CN(Cc3cccnc3OC)C[C@H]2O1.O=C(O)C(F)(F)F. The fourth-order valence-corrected chi connectivity index (χ4v) is 3.49. The van der Waals surface area contributed by atoms with Gasteiger partial charge in [0.2, 0.25) is 11.8 Å². The highest BCUT2D eigenvalue weighted by Gasteiger charge is 2.42. The first kappa shape index (κ1) is 22.9. The van der Waals surface area contributed by atoms with Crippen molar-refractivity contribution in [3.8, 4) is 5.88 Å². The van der Waals surface area contributed by atoms with Crippen molar-refractivity contribution < 1.29 is 37.3 Å². The van der Waals surface area contributed by atoms with Crippen LogP contribution in [0.2, 0.25) is 0 Å². The van der Waals surface area contributed by atoms with E-state index < -0.39 is 12.1 Å². The summed E-state index contributed by atoms with van der Waals surface area (Å²) in [5.41, 5.74) is 1.10. The van der Waals surface area contributed by atoms with Gasteiger partial charge in [0.25, 0.3) is 0 Å². The Labute approximate surface area is 166 Å². The summed E-state index contributed by atoms with van der Waals surface area (Å²) in [5.74, 6) is -1.48. The van der Waals surface area contributed by atoms with Crippen molar-refractivity contribution >= 4 is 11.9 Å². The molecule has 0 saturated carbocycles. The summed E-state index contributed by atoms with van der Waals surface area (Å²) in [6.07, 6.45) is -1.57. The molecule has 0 unspecified atom stereocenters. The third-order valence-corrected chi connectivity index (χ3v) is 4.76. The average Bonchev–Trinajstić information content (AvgIpc) is 3.19. The molecule has 1 aromatic rings. The van der Waals surface area contributed by atoms with Crippen LogP contribution in [0, 0.1) is 5.92 Å². The van der Waals surface area contributed by atoms with Gasteiger partial charge in [-0.1, -0.05) is 6.07 Å². The fourth-order valence-electron chi connectivity index (χ4n) is 3.49. The number of ether oxygens (including phenoxy) is 2. The van der Waals surface area contributed by atoms with E-state index in [1.807, 2.05) is 6.07 Å². The number of methoxy groups -OCH3 is 1. The molecule has 0 aromatic carbocycles. The number of carboxylic acid groups (broad SMARTS) is 1. The second-order valence-electron chi connectivity index (χ2n) is 6.84. The van der Waals surface area contributed by atoms with Crippen LogP contribution < -0.4 is 10.1 Å². The van der Waals surface area contributed by atoms with Gasteiger partial charge in [-0.15, -0.1) is 0 Å². The maximum absolute atomic E-state index is 11.4. The molecule has 2 aliphatic rings. The molecule has 162 valence electrons. The standard InChI is InChI=1S/C16H23N3O3.C2HF3O2/c1-17-15(20)7-13-6-12-9-19(10-14(12)22-13)8-11-4-3-5-18-16(11)21-2;3-2(4,5)1(6)7/h3-5,12-14H,6-10H2,1-2H3,(H,17,20);(H,6,7)/t12-,13-,14+;/m0./s1. The number of hydrogen-bond donors (Lipinski definition) is 2. The topological polar surface area (TPSA) is 101 Å². The monoisotopic (exact) mass is 419 g/mol. The highest BCUT2D eigenvalue weighted by atomic mass is 19.4. The van der Waals surface area contributed by atoms with Gasteiger partial charge in [0.15, 0.2) is 0 Å². The van der Waals surface area contributed by atoms with Gasteiger partial charge in [-0.25, -0.2) is 9.78 Å². The zero-order valence-electron chi connectivity index (χ0n) is 16.1. The second-order valence-corrected chi connectivity index (χ2v) is 6.84. The van der Waals surface area contributed by atoms with Crippen LogP contribution in [-0.2, 0) is 20.9 Å². The number of halogens is 3. The highest BCUT2D eigenvalue weighted by Crippen LogP contribution is 2.35. The molecule has 0 bridgehead atoms. The first-order valence-corrected chi connectivity index (χ1v) is 9.00. The molecular formula is C18H24F3N3O5. The first-order valence-electron chi connectivity index (χ1n) is 9.00. The smallest absolute Gasteiger partial charge is 0.481 e. The number of aliphatic carboxylic acids is 1. The number of hydrogen-bond acceptors (Lipinski definition) is 6. The third kappa shape index (κ3) is 6.57. The number of fused-ring (bicyclic) bond motifs is 1. The molecule has 29 heavy (non-hydrogen) atoms. The number of carbonyl (C=O) groups excluding carboxylic acids is 1. The van der Waals surface area contributed by atoms with Crippen molar-refractivity contribution in [2.45, 2.75) is 37.8 Å².